The van der Waals surface area contributed by atoms with Crippen molar-refractivity contribution in [2.24, 2.45) is 5.73 Å². The number of halogens is 1. The molecular formula is C9H16ClN3O2. The average molecular weight is 234 g/mol. The zero-order valence-corrected chi connectivity index (χ0v) is 9.41. The normalized spacial score (nSPS) is 19.4. The zero-order chi connectivity index (χ0) is 10.1. The van der Waals surface area contributed by atoms with Gasteiger partial charge in [0.1, 0.15) is 6.10 Å². The fourth-order valence-electron chi connectivity index (χ4n) is 1.28. The minimum Gasteiger partial charge on any atom is -0.383 e. The third-order valence-electron chi connectivity index (χ3n) is 2.53. The van der Waals surface area contributed by atoms with Crippen molar-refractivity contribution in [2.75, 3.05) is 0 Å². The summed E-state index contributed by atoms with van der Waals surface area (Å²) in [4.78, 5) is 4.13. The zero-order valence-electron chi connectivity index (χ0n) is 8.59. The lowest BCUT2D eigenvalue weighted by atomic mass is 10.1. The van der Waals surface area contributed by atoms with Gasteiger partial charge in [-0.3, -0.25) is 0 Å². The molecule has 1 heterocycles. The van der Waals surface area contributed by atoms with E-state index in [1.54, 1.807) is 0 Å². The van der Waals surface area contributed by atoms with Gasteiger partial charge in [-0.25, -0.2) is 0 Å². The first kappa shape index (κ1) is 12.4. The first-order valence-corrected chi connectivity index (χ1v) is 4.99. The number of aromatic nitrogens is 2. The summed E-state index contributed by atoms with van der Waals surface area (Å²) in [5.41, 5.74) is 5.68. The SMILES string of the molecule is CCC(N)C(O)c1noc(C2CC2)n1.Cl. The summed E-state index contributed by atoms with van der Waals surface area (Å²) in [5.74, 6) is 1.38. The second-order valence-corrected chi connectivity index (χ2v) is 3.78. The number of hydrogen-bond acceptors (Lipinski definition) is 5. The molecule has 1 aromatic rings. The van der Waals surface area contributed by atoms with E-state index < -0.39 is 6.10 Å². The van der Waals surface area contributed by atoms with E-state index in [1.807, 2.05) is 6.92 Å². The lowest BCUT2D eigenvalue weighted by Gasteiger charge is -2.12. The van der Waals surface area contributed by atoms with Crippen molar-refractivity contribution in [3.8, 4) is 0 Å². The molecule has 0 amide bonds. The van der Waals surface area contributed by atoms with Gasteiger partial charge in [-0.05, 0) is 19.3 Å². The Morgan fingerprint density at radius 1 is 1.60 bits per heavy atom. The molecule has 2 atom stereocenters. The highest BCUT2D eigenvalue weighted by atomic mass is 35.5. The standard InChI is InChI=1S/C9H15N3O2.ClH/c1-2-6(10)7(13)8-11-9(14-12-8)5-3-4-5;/h5-7,13H,2-4,10H2,1H3;1H. The molecule has 2 unspecified atom stereocenters. The molecule has 0 spiro atoms. The van der Waals surface area contributed by atoms with Gasteiger partial charge in [-0.2, -0.15) is 4.98 Å². The molecule has 0 bridgehead atoms. The monoisotopic (exact) mass is 233 g/mol. The highest BCUT2D eigenvalue weighted by Gasteiger charge is 2.31. The Balaban J connectivity index is 0.00000112. The number of nitrogens with two attached hydrogens (primary N) is 1. The predicted octanol–water partition coefficient (Wildman–Crippen LogP) is 1.14. The maximum Gasteiger partial charge on any atom is 0.229 e. The van der Waals surface area contributed by atoms with Crippen molar-refractivity contribution in [1.82, 2.24) is 10.1 Å². The van der Waals surface area contributed by atoms with Gasteiger partial charge in [0.15, 0.2) is 0 Å². The molecule has 0 radical (unpaired) electrons. The van der Waals surface area contributed by atoms with E-state index >= 15 is 0 Å². The van der Waals surface area contributed by atoms with Crippen LogP contribution in [0.25, 0.3) is 0 Å². The average Bonchev–Trinajstić information content (AvgIpc) is 2.94. The summed E-state index contributed by atoms with van der Waals surface area (Å²) < 4.78 is 5.03. The lowest BCUT2D eigenvalue weighted by Crippen LogP contribution is -2.28. The first-order chi connectivity index (χ1) is 6.72. The molecule has 86 valence electrons. The van der Waals surface area contributed by atoms with Crippen LogP contribution in [0.3, 0.4) is 0 Å². The van der Waals surface area contributed by atoms with Gasteiger partial charge in [-0.1, -0.05) is 12.1 Å². The number of hydrogen-bond donors (Lipinski definition) is 2. The summed E-state index contributed by atoms with van der Waals surface area (Å²) in [7, 11) is 0. The van der Waals surface area contributed by atoms with Crippen molar-refractivity contribution in [3.63, 3.8) is 0 Å². The largest absolute Gasteiger partial charge is 0.383 e. The van der Waals surface area contributed by atoms with E-state index in [0.717, 1.165) is 12.8 Å². The van der Waals surface area contributed by atoms with Crippen LogP contribution in [0.2, 0.25) is 0 Å². The van der Waals surface area contributed by atoms with Crippen LogP contribution in [0.5, 0.6) is 0 Å². The summed E-state index contributed by atoms with van der Waals surface area (Å²) in [6.07, 6.45) is 2.10. The molecule has 5 nitrogen and oxygen atoms in total. The molecule has 6 heteroatoms. The molecule has 2 rings (SSSR count). The van der Waals surface area contributed by atoms with E-state index in [0.29, 0.717) is 24.1 Å². The molecule has 1 saturated carbocycles. The third kappa shape index (κ3) is 2.68. The Kier molecular flexibility index (Phi) is 4.07. The fraction of sp³-hybridized carbons (Fsp3) is 0.778. The van der Waals surface area contributed by atoms with E-state index in [9.17, 15) is 5.11 Å². The van der Waals surface area contributed by atoms with E-state index in [2.05, 4.69) is 10.1 Å². The summed E-state index contributed by atoms with van der Waals surface area (Å²) in [5, 5.41) is 13.4. The Labute approximate surface area is 94.5 Å². The van der Waals surface area contributed by atoms with Crippen molar-refractivity contribution in [3.05, 3.63) is 11.7 Å². The van der Waals surface area contributed by atoms with E-state index in [-0.39, 0.29) is 18.4 Å². The van der Waals surface area contributed by atoms with Gasteiger partial charge in [0.05, 0.1) is 0 Å². The predicted molar refractivity (Wildman–Crippen MR) is 56.7 cm³/mol. The Morgan fingerprint density at radius 3 is 2.80 bits per heavy atom. The van der Waals surface area contributed by atoms with Crippen LogP contribution in [0.4, 0.5) is 0 Å². The number of aliphatic hydroxyl groups excluding tert-OH is 1. The van der Waals surface area contributed by atoms with Gasteiger partial charge in [-0.15, -0.1) is 12.4 Å². The van der Waals surface area contributed by atoms with Crippen molar-refractivity contribution >= 4 is 12.4 Å². The van der Waals surface area contributed by atoms with Gasteiger partial charge in [0, 0.05) is 12.0 Å². The van der Waals surface area contributed by atoms with Crippen LogP contribution in [0, 0.1) is 0 Å². The molecular weight excluding hydrogens is 218 g/mol. The second kappa shape index (κ2) is 4.92. The number of rotatable bonds is 4. The fourth-order valence-corrected chi connectivity index (χ4v) is 1.28. The van der Waals surface area contributed by atoms with Crippen LogP contribution < -0.4 is 5.73 Å². The van der Waals surface area contributed by atoms with Crippen LogP contribution in [0.15, 0.2) is 4.52 Å². The van der Waals surface area contributed by atoms with Crippen LogP contribution in [0.1, 0.15) is 49.9 Å². The Hall–Kier alpha value is -0.650. The molecule has 0 aliphatic heterocycles. The molecule has 15 heavy (non-hydrogen) atoms. The Bertz CT molecular complexity index is 314. The third-order valence-corrected chi connectivity index (χ3v) is 2.53. The summed E-state index contributed by atoms with van der Waals surface area (Å²) >= 11 is 0. The van der Waals surface area contributed by atoms with Crippen molar-refractivity contribution < 1.29 is 9.63 Å². The molecule has 0 aromatic carbocycles. The molecule has 1 aliphatic carbocycles. The minimum absolute atomic E-state index is 0. The quantitative estimate of drug-likeness (QED) is 0.815. The van der Waals surface area contributed by atoms with Crippen LogP contribution in [-0.4, -0.2) is 21.3 Å². The molecule has 1 fully saturated rings. The van der Waals surface area contributed by atoms with Gasteiger partial charge < -0.3 is 15.4 Å². The number of nitrogens with zero attached hydrogens (tertiary/aromatic N) is 2. The number of aliphatic hydroxyl groups is 1. The highest BCUT2D eigenvalue weighted by molar-refractivity contribution is 5.85. The maximum absolute atomic E-state index is 9.69. The van der Waals surface area contributed by atoms with Crippen molar-refractivity contribution in [1.29, 1.82) is 0 Å². The maximum atomic E-state index is 9.69. The van der Waals surface area contributed by atoms with Gasteiger partial charge in [0.2, 0.25) is 11.7 Å². The Morgan fingerprint density at radius 2 is 2.27 bits per heavy atom. The lowest BCUT2D eigenvalue weighted by molar-refractivity contribution is 0.132. The second-order valence-electron chi connectivity index (χ2n) is 3.78. The van der Waals surface area contributed by atoms with Crippen molar-refractivity contribution in [2.45, 2.75) is 44.2 Å². The smallest absolute Gasteiger partial charge is 0.229 e. The first-order valence-electron chi connectivity index (χ1n) is 4.99. The molecule has 1 aliphatic rings. The topological polar surface area (TPSA) is 85.2 Å². The van der Waals surface area contributed by atoms with E-state index in [1.165, 1.54) is 0 Å². The van der Waals surface area contributed by atoms with Gasteiger partial charge >= 0.3 is 0 Å². The minimum atomic E-state index is -0.809. The van der Waals surface area contributed by atoms with E-state index in [4.69, 9.17) is 10.3 Å². The van der Waals surface area contributed by atoms with Gasteiger partial charge in [0.25, 0.3) is 0 Å². The molecule has 3 N–H and O–H groups in total. The highest BCUT2D eigenvalue weighted by Crippen LogP contribution is 2.39. The van der Waals surface area contributed by atoms with Crippen LogP contribution >= 0.6 is 12.4 Å². The summed E-state index contributed by atoms with van der Waals surface area (Å²) in [6, 6.07) is -0.320. The summed E-state index contributed by atoms with van der Waals surface area (Å²) in [6.45, 7) is 1.91. The van der Waals surface area contributed by atoms with Crippen LogP contribution in [-0.2, 0) is 0 Å². The molecule has 1 aromatic heterocycles. The molecule has 0 saturated heterocycles.